The van der Waals surface area contributed by atoms with Gasteiger partial charge in [0.1, 0.15) is 13.2 Å². The van der Waals surface area contributed by atoms with Crippen molar-refractivity contribution in [3.8, 4) is 17.2 Å². The summed E-state index contributed by atoms with van der Waals surface area (Å²) >= 11 is 6.29. The molecule has 2 aromatic rings. The van der Waals surface area contributed by atoms with Crippen LogP contribution in [0.4, 0.5) is 0 Å². The summed E-state index contributed by atoms with van der Waals surface area (Å²) in [4.78, 5) is 4.52. The molecule has 138 valence electrons. The monoisotopic (exact) mass is 380 g/mol. The van der Waals surface area contributed by atoms with Crippen molar-refractivity contribution in [1.82, 2.24) is 0 Å². The van der Waals surface area contributed by atoms with Crippen LogP contribution in [0.5, 0.6) is 0 Å². The van der Waals surface area contributed by atoms with Gasteiger partial charge in [-0.05, 0) is 29.2 Å². The molecule has 5 heteroatoms. The van der Waals surface area contributed by atoms with Gasteiger partial charge in [-0.1, -0.05) is 72.4 Å². The lowest BCUT2D eigenvalue weighted by atomic mass is 9.99. The van der Waals surface area contributed by atoms with Crippen LogP contribution in [-0.4, -0.2) is 33.3 Å². The molecule has 0 saturated heterocycles. The van der Waals surface area contributed by atoms with E-state index in [2.05, 4.69) is 30.1 Å². The Morgan fingerprint density at radius 2 is 1.93 bits per heavy atom. The fraction of sp³-hybridized carbons (Fsp3) is 0.318. The van der Waals surface area contributed by atoms with Crippen LogP contribution in [0.2, 0.25) is 0 Å². The zero-order chi connectivity index (χ0) is 19.2. The number of halogens is 1. The Balaban J connectivity index is 1.84. The Hall–Kier alpha value is -2.48. The molecule has 0 saturated carbocycles. The summed E-state index contributed by atoms with van der Waals surface area (Å²) in [6.45, 7) is 2.68. The van der Waals surface area contributed by atoms with E-state index < -0.39 is 5.50 Å². The van der Waals surface area contributed by atoms with Crippen LogP contribution in [-0.2, 0) is 6.54 Å². The smallest absolute Gasteiger partial charge is 0.295 e. The van der Waals surface area contributed by atoms with Gasteiger partial charge < -0.3 is 5.11 Å². The van der Waals surface area contributed by atoms with E-state index in [0.717, 1.165) is 47.5 Å². The molecule has 27 heavy (non-hydrogen) atoms. The van der Waals surface area contributed by atoms with E-state index in [1.165, 1.54) is 0 Å². The molecule has 0 fully saturated rings. The summed E-state index contributed by atoms with van der Waals surface area (Å²) in [5.74, 6) is 0.944. The number of aliphatic hydroxyl groups excluding tert-OH is 1. The van der Waals surface area contributed by atoms with Crippen molar-refractivity contribution in [2.45, 2.75) is 38.2 Å². The van der Waals surface area contributed by atoms with Gasteiger partial charge in [0.05, 0.1) is 18.1 Å². The Bertz CT molecular complexity index is 910. The number of aliphatic imine (C=N–C) groups is 1. The fourth-order valence-corrected chi connectivity index (χ4v) is 3.56. The van der Waals surface area contributed by atoms with E-state index in [9.17, 15) is 10.4 Å². The third-order valence-electron chi connectivity index (χ3n) is 4.76. The average molecular weight is 381 g/mol. The normalized spacial score (nSPS) is 16.4. The fourth-order valence-electron chi connectivity index (χ4n) is 3.26. The van der Waals surface area contributed by atoms with Crippen molar-refractivity contribution >= 4 is 23.1 Å². The Kier molecular flexibility index (Phi) is 6.39. The van der Waals surface area contributed by atoms with Gasteiger partial charge in [0.2, 0.25) is 0 Å². The highest BCUT2D eigenvalue weighted by atomic mass is 35.5. The summed E-state index contributed by atoms with van der Waals surface area (Å²) in [7, 11) is 0. The number of nitriles is 1. The van der Waals surface area contributed by atoms with Crippen LogP contribution in [0.3, 0.4) is 0 Å². The van der Waals surface area contributed by atoms with Gasteiger partial charge in [0.15, 0.2) is 5.71 Å². The molecule has 1 atom stereocenters. The molecule has 1 aliphatic rings. The number of alkyl halides is 1. The second-order valence-corrected chi connectivity index (χ2v) is 6.99. The maximum Gasteiger partial charge on any atom is 0.295 e. The van der Waals surface area contributed by atoms with Crippen LogP contribution in [0.1, 0.15) is 37.3 Å². The van der Waals surface area contributed by atoms with Gasteiger partial charge in [-0.25, -0.2) is 4.58 Å². The summed E-state index contributed by atoms with van der Waals surface area (Å²) in [5.41, 5.74) is 3.97. The molecule has 4 nitrogen and oxygen atoms in total. The Morgan fingerprint density at radius 1 is 1.19 bits per heavy atom. The average Bonchev–Trinajstić information content (AvgIpc) is 3.01. The summed E-state index contributed by atoms with van der Waals surface area (Å²) in [5, 5.41) is 19.0. The number of rotatable bonds is 7. The second-order valence-electron chi connectivity index (χ2n) is 6.57. The zero-order valence-corrected chi connectivity index (χ0v) is 16.2. The van der Waals surface area contributed by atoms with Gasteiger partial charge in [0, 0.05) is 0 Å². The number of hydrogen-bond donors (Lipinski definition) is 1. The molecule has 3 rings (SSSR count). The predicted molar refractivity (Wildman–Crippen MR) is 109 cm³/mol. The first-order valence-electron chi connectivity index (χ1n) is 9.21. The van der Waals surface area contributed by atoms with Crippen molar-refractivity contribution in [1.29, 1.82) is 5.26 Å². The van der Waals surface area contributed by atoms with Crippen molar-refractivity contribution in [3.63, 3.8) is 0 Å². The van der Waals surface area contributed by atoms with Crippen molar-refractivity contribution < 1.29 is 9.68 Å². The van der Waals surface area contributed by atoms with Crippen LogP contribution in [0.25, 0.3) is 11.1 Å². The second kappa shape index (κ2) is 8.94. The SMILES string of the molecule is CCCCC1=NC(Cl)C(CO)=[N+]1Cc1ccc(-c2ccccc2C#N)cc1. The highest BCUT2D eigenvalue weighted by Gasteiger charge is 2.34. The number of hydrogen-bond acceptors (Lipinski definition) is 3. The molecule has 2 aromatic carbocycles. The lowest BCUT2D eigenvalue weighted by Crippen LogP contribution is -2.27. The van der Waals surface area contributed by atoms with E-state index in [4.69, 9.17) is 11.6 Å². The number of benzene rings is 2. The minimum Gasteiger partial charge on any atom is -0.388 e. The maximum atomic E-state index is 9.71. The van der Waals surface area contributed by atoms with E-state index in [1.807, 2.05) is 41.0 Å². The van der Waals surface area contributed by atoms with Crippen LogP contribution in [0, 0.1) is 11.3 Å². The van der Waals surface area contributed by atoms with E-state index in [0.29, 0.717) is 12.1 Å². The Morgan fingerprint density at radius 3 is 2.59 bits per heavy atom. The molecule has 0 aliphatic carbocycles. The van der Waals surface area contributed by atoms with E-state index in [1.54, 1.807) is 0 Å². The minimum atomic E-state index is -0.483. The molecule has 0 amide bonds. The molecule has 1 aliphatic heterocycles. The van der Waals surface area contributed by atoms with Crippen LogP contribution >= 0.6 is 11.6 Å². The quantitative estimate of drug-likeness (QED) is 0.441. The summed E-state index contributed by atoms with van der Waals surface area (Å²) < 4.78 is 2.05. The standard InChI is InChI=1S/C22H23ClN3O/c1-2-3-8-21-25-22(23)20(15-27)26(21)14-16-9-11-17(12-10-16)19-7-5-4-6-18(19)13-24/h4-7,9-12,22,27H,2-3,8,14-15H2,1H3/q+1. The molecule has 0 radical (unpaired) electrons. The van der Waals surface area contributed by atoms with Crippen molar-refractivity contribution in [3.05, 3.63) is 59.7 Å². The molecule has 0 spiro atoms. The molecular formula is C22H23ClN3O+. The largest absolute Gasteiger partial charge is 0.388 e. The van der Waals surface area contributed by atoms with Gasteiger partial charge in [0.25, 0.3) is 11.3 Å². The highest BCUT2D eigenvalue weighted by molar-refractivity contribution is 6.33. The third kappa shape index (κ3) is 4.27. The first kappa shape index (κ1) is 19.3. The lowest BCUT2D eigenvalue weighted by Gasteiger charge is -2.09. The van der Waals surface area contributed by atoms with Gasteiger partial charge in [-0.15, -0.1) is 0 Å². The molecule has 1 unspecified atom stereocenters. The topological polar surface area (TPSA) is 59.4 Å². The Labute approximate surface area is 165 Å². The summed E-state index contributed by atoms with van der Waals surface area (Å²) in [6.07, 6.45) is 2.99. The molecule has 0 aromatic heterocycles. The highest BCUT2D eigenvalue weighted by Crippen LogP contribution is 2.24. The zero-order valence-electron chi connectivity index (χ0n) is 15.4. The first-order valence-corrected chi connectivity index (χ1v) is 9.64. The van der Waals surface area contributed by atoms with Gasteiger partial charge >= 0.3 is 0 Å². The molecule has 1 N–H and O–H groups in total. The van der Waals surface area contributed by atoms with Crippen molar-refractivity contribution in [2.24, 2.45) is 4.99 Å². The molecular weight excluding hydrogens is 358 g/mol. The minimum absolute atomic E-state index is 0.0963. The number of aliphatic hydroxyl groups is 1. The summed E-state index contributed by atoms with van der Waals surface area (Å²) in [6, 6.07) is 18.0. The van der Waals surface area contributed by atoms with Crippen molar-refractivity contribution in [2.75, 3.05) is 6.61 Å². The van der Waals surface area contributed by atoms with Crippen LogP contribution in [0.15, 0.2) is 53.5 Å². The predicted octanol–water partition coefficient (Wildman–Crippen LogP) is 4.34. The van der Waals surface area contributed by atoms with Gasteiger partial charge in [-0.2, -0.15) is 5.26 Å². The van der Waals surface area contributed by atoms with Crippen LogP contribution < -0.4 is 0 Å². The van der Waals surface area contributed by atoms with E-state index >= 15 is 0 Å². The molecule has 0 bridgehead atoms. The molecule has 1 heterocycles. The van der Waals surface area contributed by atoms with E-state index in [-0.39, 0.29) is 6.61 Å². The number of unbranched alkanes of at least 4 members (excludes halogenated alkanes) is 1. The number of amidine groups is 1. The maximum absolute atomic E-state index is 9.71. The lowest BCUT2D eigenvalue weighted by molar-refractivity contribution is -0.427. The first-order chi connectivity index (χ1) is 13.2. The van der Waals surface area contributed by atoms with Gasteiger partial charge in [-0.3, -0.25) is 0 Å². The third-order valence-corrected chi connectivity index (χ3v) is 5.11. The number of nitrogens with zero attached hydrogens (tertiary/aromatic N) is 3.